The molecular formula is C15H24N2O3. The number of hydrogen-bond donors (Lipinski definition) is 2. The first-order valence-corrected chi connectivity index (χ1v) is 6.84. The highest BCUT2D eigenvalue weighted by Gasteiger charge is 2.09. The Labute approximate surface area is 120 Å². The molecule has 0 heterocycles. The van der Waals surface area contributed by atoms with Crippen LogP contribution < -0.4 is 10.5 Å². The number of nitrogens with two attached hydrogens (primary N) is 1. The zero-order chi connectivity index (χ0) is 15.0. The Balaban J connectivity index is 2.68. The summed E-state index contributed by atoms with van der Waals surface area (Å²) in [5.74, 6) is 1.16. The topological polar surface area (TPSA) is 77.1 Å². The van der Waals surface area contributed by atoms with Gasteiger partial charge in [0.15, 0.2) is 5.84 Å². The number of oxime groups is 1. The Morgan fingerprint density at radius 2 is 2.20 bits per heavy atom. The van der Waals surface area contributed by atoms with Crippen LogP contribution in [0, 0.1) is 5.92 Å². The summed E-state index contributed by atoms with van der Waals surface area (Å²) in [6, 6.07) is 5.53. The van der Waals surface area contributed by atoms with E-state index in [9.17, 15) is 0 Å². The normalized spacial score (nSPS) is 13.2. The molecule has 1 unspecified atom stereocenters. The maximum absolute atomic E-state index is 8.78. The van der Waals surface area contributed by atoms with E-state index in [-0.39, 0.29) is 5.84 Å². The van der Waals surface area contributed by atoms with E-state index >= 15 is 0 Å². The SMILES string of the molecule is CCCC(C)COCc1ccc(OC)c(/C(N)=N/O)c1. The van der Waals surface area contributed by atoms with E-state index in [4.69, 9.17) is 20.4 Å². The first kappa shape index (κ1) is 16.3. The maximum Gasteiger partial charge on any atom is 0.173 e. The fourth-order valence-electron chi connectivity index (χ4n) is 2.05. The fourth-order valence-corrected chi connectivity index (χ4v) is 2.05. The van der Waals surface area contributed by atoms with E-state index in [1.807, 2.05) is 12.1 Å². The number of rotatable bonds is 8. The van der Waals surface area contributed by atoms with Gasteiger partial charge >= 0.3 is 0 Å². The molecule has 0 saturated heterocycles. The first-order chi connectivity index (χ1) is 9.62. The molecule has 0 bridgehead atoms. The molecule has 1 atom stereocenters. The van der Waals surface area contributed by atoms with Crippen LogP contribution in [0.4, 0.5) is 0 Å². The minimum Gasteiger partial charge on any atom is -0.496 e. The smallest absolute Gasteiger partial charge is 0.173 e. The lowest BCUT2D eigenvalue weighted by Gasteiger charge is -2.12. The van der Waals surface area contributed by atoms with Crippen molar-refractivity contribution in [2.45, 2.75) is 33.3 Å². The molecule has 5 nitrogen and oxygen atoms in total. The molecule has 0 aliphatic rings. The summed E-state index contributed by atoms with van der Waals surface area (Å²) in [6.07, 6.45) is 2.33. The van der Waals surface area contributed by atoms with Crippen LogP contribution in [0.5, 0.6) is 5.75 Å². The minimum atomic E-state index is 0.0306. The largest absolute Gasteiger partial charge is 0.496 e. The van der Waals surface area contributed by atoms with Crippen LogP contribution in [0.1, 0.15) is 37.8 Å². The highest BCUT2D eigenvalue weighted by Crippen LogP contribution is 2.20. The van der Waals surface area contributed by atoms with E-state index in [1.165, 1.54) is 6.42 Å². The lowest BCUT2D eigenvalue weighted by atomic mass is 10.1. The van der Waals surface area contributed by atoms with Crippen molar-refractivity contribution < 1.29 is 14.7 Å². The lowest BCUT2D eigenvalue weighted by Crippen LogP contribution is -2.15. The predicted molar refractivity (Wildman–Crippen MR) is 79.2 cm³/mol. The Morgan fingerprint density at radius 1 is 1.45 bits per heavy atom. The Kier molecular flexibility index (Phi) is 6.87. The van der Waals surface area contributed by atoms with Crippen LogP contribution in [0.25, 0.3) is 0 Å². The highest BCUT2D eigenvalue weighted by molar-refractivity contribution is 5.99. The van der Waals surface area contributed by atoms with Crippen molar-refractivity contribution in [3.8, 4) is 5.75 Å². The number of nitrogens with zero attached hydrogens (tertiary/aromatic N) is 1. The Bertz CT molecular complexity index is 447. The van der Waals surface area contributed by atoms with Crippen LogP contribution in [-0.4, -0.2) is 24.8 Å². The summed E-state index contributed by atoms with van der Waals surface area (Å²) < 4.78 is 10.9. The van der Waals surface area contributed by atoms with E-state index in [1.54, 1.807) is 13.2 Å². The van der Waals surface area contributed by atoms with Crippen LogP contribution in [0.15, 0.2) is 23.4 Å². The summed E-state index contributed by atoms with van der Waals surface area (Å²) in [5, 5.41) is 11.8. The lowest BCUT2D eigenvalue weighted by molar-refractivity contribution is 0.0893. The molecule has 0 radical (unpaired) electrons. The summed E-state index contributed by atoms with van der Waals surface area (Å²) in [4.78, 5) is 0. The molecule has 3 N–H and O–H groups in total. The number of ether oxygens (including phenoxy) is 2. The van der Waals surface area contributed by atoms with Crippen LogP contribution >= 0.6 is 0 Å². The monoisotopic (exact) mass is 280 g/mol. The molecule has 1 aromatic carbocycles. The van der Waals surface area contributed by atoms with Gasteiger partial charge in [-0.1, -0.05) is 31.5 Å². The van der Waals surface area contributed by atoms with Gasteiger partial charge in [-0.2, -0.15) is 0 Å². The summed E-state index contributed by atoms with van der Waals surface area (Å²) in [6.45, 7) is 5.59. The molecule has 1 aromatic rings. The Morgan fingerprint density at radius 3 is 2.80 bits per heavy atom. The second-order valence-corrected chi connectivity index (χ2v) is 4.93. The van der Waals surface area contributed by atoms with Crippen molar-refractivity contribution in [1.82, 2.24) is 0 Å². The van der Waals surface area contributed by atoms with Crippen molar-refractivity contribution >= 4 is 5.84 Å². The summed E-state index contributed by atoms with van der Waals surface area (Å²) >= 11 is 0. The van der Waals surface area contributed by atoms with Gasteiger partial charge in [0, 0.05) is 6.61 Å². The molecule has 0 spiro atoms. The number of methoxy groups -OCH3 is 1. The average molecular weight is 280 g/mol. The Hall–Kier alpha value is -1.75. The van der Waals surface area contributed by atoms with E-state index in [0.29, 0.717) is 23.8 Å². The number of amidine groups is 1. The van der Waals surface area contributed by atoms with Gasteiger partial charge in [-0.25, -0.2) is 0 Å². The van der Waals surface area contributed by atoms with Crippen LogP contribution in [0.2, 0.25) is 0 Å². The molecule has 0 fully saturated rings. The van der Waals surface area contributed by atoms with Gasteiger partial charge in [0.25, 0.3) is 0 Å². The molecule has 5 heteroatoms. The third kappa shape index (κ3) is 4.74. The molecule has 20 heavy (non-hydrogen) atoms. The maximum atomic E-state index is 8.78. The third-order valence-electron chi connectivity index (χ3n) is 3.10. The van der Waals surface area contributed by atoms with Crippen molar-refractivity contribution in [2.75, 3.05) is 13.7 Å². The highest BCUT2D eigenvalue weighted by atomic mass is 16.5. The number of benzene rings is 1. The van der Waals surface area contributed by atoms with Crippen LogP contribution in [-0.2, 0) is 11.3 Å². The molecule has 0 aliphatic heterocycles. The first-order valence-electron chi connectivity index (χ1n) is 6.84. The van der Waals surface area contributed by atoms with Gasteiger partial charge in [0.05, 0.1) is 19.3 Å². The molecule has 112 valence electrons. The zero-order valence-electron chi connectivity index (χ0n) is 12.4. The third-order valence-corrected chi connectivity index (χ3v) is 3.10. The predicted octanol–water partition coefficient (Wildman–Crippen LogP) is 2.74. The second-order valence-electron chi connectivity index (χ2n) is 4.93. The second kappa shape index (κ2) is 8.43. The van der Waals surface area contributed by atoms with Gasteiger partial charge < -0.3 is 20.4 Å². The summed E-state index contributed by atoms with van der Waals surface area (Å²) in [7, 11) is 1.55. The van der Waals surface area contributed by atoms with E-state index < -0.39 is 0 Å². The van der Waals surface area contributed by atoms with Crippen molar-refractivity contribution in [1.29, 1.82) is 0 Å². The summed E-state index contributed by atoms with van der Waals surface area (Å²) in [5.41, 5.74) is 7.17. The zero-order valence-corrected chi connectivity index (χ0v) is 12.4. The van der Waals surface area contributed by atoms with Gasteiger partial charge in [-0.3, -0.25) is 0 Å². The van der Waals surface area contributed by atoms with Gasteiger partial charge in [-0.05, 0) is 30.0 Å². The van der Waals surface area contributed by atoms with Crippen molar-refractivity contribution in [3.05, 3.63) is 29.3 Å². The molecule has 1 rings (SSSR count). The fraction of sp³-hybridized carbons (Fsp3) is 0.533. The molecule has 0 aliphatic carbocycles. The van der Waals surface area contributed by atoms with E-state index in [2.05, 4.69) is 19.0 Å². The molecule has 0 amide bonds. The van der Waals surface area contributed by atoms with Crippen molar-refractivity contribution in [3.63, 3.8) is 0 Å². The molecule has 0 aromatic heterocycles. The quantitative estimate of drug-likeness (QED) is 0.332. The average Bonchev–Trinajstić information content (AvgIpc) is 2.46. The molecule has 0 saturated carbocycles. The van der Waals surface area contributed by atoms with Gasteiger partial charge in [0.1, 0.15) is 5.75 Å². The standard InChI is InChI=1S/C15H24N2O3/c1-4-5-11(2)9-20-10-12-6-7-14(19-3)13(8-12)15(16)17-18/h6-8,11,18H,4-5,9-10H2,1-3H3,(H2,16,17). The van der Waals surface area contributed by atoms with Crippen LogP contribution in [0.3, 0.4) is 0 Å². The van der Waals surface area contributed by atoms with Gasteiger partial charge in [-0.15, -0.1) is 0 Å². The molecular weight excluding hydrogens is 256 g/mol. The van der Waals surface area contributed by atoms with Gasteiger partial charge in [0.2, 0.25) is 0 Å². The van der Waals surface area contributed by atoms with Crippen molar-refractivity contribution in [2.24, 2.45) is 16.8 Å². The van der Waals surface area contributed by atoms with E-state index in [0.717, 1.165) is 18.6 Å². The minimum absolute atomic E-state index is 0.0306. The number of hydrogen-bond acceptors (Lipinski definition) is 4.